The highest BCUT2D eigenvalue weighted by atomic mass is 29.3. The van der Waals surface area contributed by atoms with Crippen LogP contribution in [-0.4, -0.2) is 42.6 Å². The van der Waals surface area contributed by atoms with Crippen molar-refractivity contribution in [2.45, 2.75) is 86.2 Å². The Hall–Kier alpha value is 0.274. The van der Waals surface area contributed by atoms with Crippen molar-refractivity contribution in [2.24, 2.45) is 5.92 Å². The van der Waals surface area contributed by atoms with Crippen molar-refractivity contribution < 1.29 is 17.7 Å². The predicted octanol–water partition coefficient (Wildman–Crippen LogP) is 5.33. The standard InChI is InChI=1S/C18H42O4Si2/c1-10-18(8,9)24(21-13-4,22-14-5)23(19-11-2,20-12-3)16-15-17(6)7/h17H,10-16H2,1-9H3. The van der Waals surface area contributed by atoms with Crippen LogP contribution < -0.4 is 0 Å². The molecule has 0 aliphatic rings. The first-order valence-corrected chi connectivity index (χ1v) is 14.6. The van der Waals surface area contributed by atoms with Crippen LogP contribution in [0.25, 0.3) is 0 Å². The molecule has 0 rings (SSSR count). The summed E-state index contributed by atoms with van der Waals surface area (Å²) in [6.07, 6.45) is 2.08. The molecule has 0 atom stereocenters. The molecule has 0 aromatic carbocycles. The highest BCUT2D eigenvalue weighted by Gasteiger charge is 2.70. The SMILES string of the molecule is CCO[Si](CCC(C)C)(OCC)[Si](OCC)(OCC)C(C)(C)CC. The Kier molecular flexibility index (Phi) is 11.2. The maximum absolute atomic E-state index is 6.56. The largest absolute Gasteiger partial charge is 0.394 e. The van der Waals surface area contributed by atoms with Gasteiger partial charge in [-0.15, -0.1) is 0 Å². The van der Waals surface area contributed by atoms with Gasteiger partial charge in [-0.3, -0.25) is 0 Å². The molecule has 0 spiro atoms. The average molecular weight is 379 g/mol. The Morgan fingerprint density at radius 1 is 0.750 bits per heavy atom. The lowest BCUT2D eigenvalue weighted by Gasteiger charge is -2.51. The van der Waals surface area contributed by atoms with E-state index in [1.807, 2.05) is 0 Å². The van der Waals surface area contributed by atoms with Crippen LogP contribution in [0.4, 0.5) is 0 Å². The molecule has 0 amide bonds. The van der Waals surface area contributed by atoms with Gasteiger partial charge < -0.3 is 17.7 Å². The Morgan fingerprint density at radius 2 is 1.17 bits per heavy atom. The highest BCUT2D eigenvalue weighted by Crippen LogP contribution is 2.49. The van der Waals surface area contributed by atoms with E-state index in [4.69, 9.17) is 17.7 Å². The second-order valence-corrected chi connectivity index (χ2v) is 17.3. The zero-order valence-corrected chi connectivity index (χ0v) is 19.7. The molecule has 0 aromatic rings. The topological polar surface area (TPSA) is 36.9 Å². The lowest BCUT2D eigenvalue weighted by molar-refractivity contribution is 0.126. The molecule has 0 N–H and O–H groups in total. The fourth-order valence-corrected chi connectivity index (χ4v) is 19.1. The van der Waals surface area contributed by atoms with Crippen molar-refractivity contribution in [3.05, 3.63) is 0 Å². The maximum Gasteiger partial charge on any atom is 0.390 e. The van der Waals surface area contributed by atoms with Crippen LogP contribution in [0, 0.1) is 5.92 Å². The third-order valence-corrected chi connectivity index (χ3v) is 19.3. The predicted molar refractivity (Wildman–Crippen MR) is 107 cm³/mol. The zero-order valence-electron chi connectivity index (χ0n) is 17.7. The molecule has 24 heavy (non-hydrogen) atoms. The Bertz CT molecular complexity index is 323. The minimum Gasteiger partial charge on any atom is -0.394 e. The summed E-state index contributed by atoms with van der Waals surface area (Å²) in [4.78, 5) is 0. The summed E-state index contributed by atoms with van der Waals surface area (Å²) >= 11 is 0. The molecule has 0 aromatic heterocycles. The van der Waals surface area contributed by atoms with Gasteiger partial charge in [0.2, 0.25) is 0 Å². The summed E-state index contributed by atoms with van der Waals surface area (Å²) < 4.78 is 26.1. The summed E-state index contributed by atoms with van der Waals surface area (Å²) in [5.41, 5.74) is 0. The lowest BCUT2D eigenvalue weighted by atomic mass is 10.1. The second kappa shape index (κ2) is 11.1. The van der Waals surface area contributed by atoms with Gasteiger partial charge in [0.15, 0.2) is 0 Å². The van der Waals surface area contributed by atoms with Gasteiger partial charge >= 0.3 is 16.2 Å². The smallest absolute Gasteiger partial charge is 0.390 e. The van der Waals surface area contributed by atoms with Crippen LogP contribution in [0.3, 0.4) is 0 Å². The van der Waals surface area contributed by atoms with Gasteiger partial charge in [0.05, 0.1) is 0 Å². The van der Waals surface area contributed by atoms with Gasteiger partial charge in [-0.05, 0) is 52.5 Å². The fraction of sp³-hybridized carbons (Fsp3) is 1.00. The number of hydrogen-bond acceptors (Lipinski definition) is 4. The first kappa shape index (κ1) is 24.3. The van der Waals surface area contributed by atoms with E-state index in [1.165, 1.54) is 0 Å². The van der Waals surface area contributed by atoms with Crippen LogP contribution in [0.1, 0.15) is 75.2 Å². The van der Waals surface area contributed by atoms with Gasteiger partial charge in [0.1, 0.15) is 0 Å². The highest BCUT2D eigenvalue weighted by molar-refractivity contribution is 7.33. The molecule has 0 heterocycles. The number of hydrogen-bond donors (Lipinski definition) is 0. The van der Waals surface area contributed by atoms with Gasteiger partial charge in [0.25, 0.3) is 0 Å². The van der Waals surface area contributed by atoms with E-state index in [2.05, 4.69) is 62.3 Å². The molecular weight excluding hydrogens is 336 g/mol. The Labute approximate surface area is 152 Å². The Morgan fingerprint density at radius 3 is 1.46 bits per heavy atom. The molecule has 0 bridgehead atoms. The molecule has 0 aliphatic carbocycles. The van der Waals surface area contributed by atoms with Crippen molar-refractivity contribution in [1.29, 1.82) is 0 Å². The Balaban J connectivity index is 6.26. The first-order chi connectivity index (χ1) is 11.2. The summed E-state index contributed by atoms with van der Waals surface area (Å²) in [7, 11) is -5.36. The second-order valence-electron chi connectivity index (χ2n) is 7.27. The molecular formula is C18H42O4Si2. The lowest BCUT2D eigenvalue weighted by Crippen LogP contribution is -2.74. The van der Waals surface area contributed by atoms with E-state index in [0.29, 0.717) is 32.3 Å². The van der Waals surface area contributed by atoms with E-state index in [0.717, 1.165) is 18.9 Å². The van der Waals surface area contributed by atoms with E-state index in [1.54, 1.807) is 0 Å². The van der Waals surface area contributed by atoms with Crippen molar-refractivity contribution in [3.8, 4) is 0 Å². The van der Waals surface area contributed by atoms with E-state index < -0.39 is 16.2 Å². The van der Waals surface area contributed by atoms with E-state index >= 15 is 0 Å². The molecule has 146 valence electrons. The molecule has 0 radical (unpaired) electrons. The van der Waals surface area contributed by atoms with Crippen LogP contribution in [0.2, 0.25) is 11.1 Å². The van der Waals surface area contributed by atoms with Gasteiger partial charge in [-0.25, -0.2) is 0 Å². The monoisotopic (exact) mass is 378 g/mol. The third-order valence-electron chi connectivity index (χ3n) is 4.78. The van der Waals surface area contributed by atoms with E-state index in [9.17, 15) is 0 Å². The maximum atomic E-state index is 6.56. The average Bonchev–Trinajstić information content (AvgIpc) is 2.52. The third kappa shape index (κ3) is 5.38. The molecule has 0 saturated carbocycles. The van der Waals surface area contributed by atoms with Crippen LogP contribution >= 0.6 is 0 Å². The summed E-state index contributed by atoms with van der Waals surface area (Å²) in [5.74, 6) is 0.609. The summed E-state index contributed by atoms with van der Waals surface area (Å²) in [5, 5.41) is -0.0629. The molecule has 0 saturated heterocycles. The first-order valence-electron chi connectivity index (χ1n) is 9.78. The number of rotatable bonds is 14. The molecule has 0 unspecified atom stereocenters. The van der Waals surface area contributed by atoms with Crippen LogP contribution in [-0.2, 0) is 17.7 Å². The molecule has 4 nitrogen and oxygen atoms in total. The van der Waals surface area contributed by atoms with Crippen LogP contribution in [0.5, 0.6) is 0 Å². The van der Waals surface area contributed by atoms with Gasteiger partial charge in [-0.1, -0.05) is 34.6 Å². The van der Waals surface area contributed by atoms with Crippen molar-refractivity contribution >= 4 is 16.2 Å². The van der Waals surface area contributed by atoms with Gasteiger partial charge in [0, 0.05) is 31.5 Å². The molecule has 0 aliphatic heterocycles. The van der Waals surface area contributed by atoms with E-state index in [-0.39, 0.29) is 5.04 Å². The summed E-state index contributed by atoms with van der Waals surface area (Å²) in [6, 6.07) is 0.946. The minimum atomic E-state index is -2.72. The van der Waals surface area contributed by atoms with Crippen LogP contribution in [0.15, 0.2) is 0 Å². The minimum absolute atomic E-state index is 0.0629. The normalized spacial score (nSPS) is 13.8. The summed E-state index contributed by atoms with van der Waals surface area (Å²) in [6.45, 7) is 22.1. The van der Waals surface area contributed by atoms with Gasteiger partial charge in [-0.2, -0.15) is 0 Å². The fourth-order valence-electron chi connectivity index (χ4n) is 3.29. The van der Waals surface area contributed by atoms with Crippen molar-refractivity contribution in [3.63, 3.8) is 0 Å². The molecule has 6 heteroatoms. The van der Waals surface area contributed by atoms with Crippen molar-refractivity contribution in [1.82, 2.24) is 0 Å². The zero-order chi connectivity index (χ0) is 18.9. The van der Waals surface area contributed by atoms with Crippen molar-refractivity contribution in [2.75, 3.05) is 26.4 Å². The molecule has 0 fully saturated rings. The quantitative estimate of drug-likeness (QED) is 0.383.